The van der Waals surface area contributed by atoms with Gasteiger partial charge in [0.05, 0.1) is 12.4 Å². The van der Waals surface area contributed by atoms with Crippen molar-refractivity contribution in [1.29, 1.82) is 0 Å². The molecular weight excluding hydrogens is 234 g/mol. The molecule has 0 bridgehead atoms. The molecule has 1 aromatic heterocycles. The van der Waals surface area contributed by atoms with E-state index in [-0.39, 0.29) is 5.78 Å². The fourth-order valence-electron chi connectivity index (χ4n) is 1.69. The Hall–Kier alpha value is -1.26. The molecule has 0 aliphatic heterocycles. The SMILES string of the molecule is COCCSCC(=O)c1c[nH]c2ccccc12. The zero-order valence-corrected chi connectivity index (χ0v) is 10.5. The van der Waals surface area contributed by atoms with Crippen molar-refractivity contribution in [1.82, 2.24) is 4.98 Å². The average molecular weight is 249 g/mol. The third kappa shape index (κ3) is 2.90. The minimum atomic E-state index is 0.170. The molecule has 90 valence electrons. The van der Waals surface area contributed by atoms with Crippen LogP contribution in [0, 0.1) is 0 Å². The van der Waals surface area contributed by atoms with Crippen molar-refractivity contribution in [2.45, 2.75) is 0 Å². The Labute approximate surface area is 105 Å². The Morgan fingerprint density at radius 2 is 2.24 bits per heavy atom. The summed E-state index contributed by atoms with van der Waals surface area (Å²) < 4.78 is 4.95. The molecule has 2 rings (SSSR count). The molecule has 17 heavy (non-hydrogen) atoms. The van der Waals surface area contributed by atoms with Gasteiger partial charge in [-0.2, -0.15) is 11.8 Å². The number of H-pyrrole nitrogens is 1. The highest BCUT2D eigenvalue weighted by Crippen LogP contribution is 2.19. The van der Waals surface area contributed by atoms with Crippen molar-refractivity contribution in [3.63, 3.8) is 0 Å². The number of aromatic nitrogens is 1. The van der Waals surface area contributed by atoms with Gasteiger partial charge in [-0.05, 0) is 6.07 Å². The number of Topliss-reactive ketones (excluding diaryl/α,β-unsaturated/α-hetero) is 1. The molecule has 0 atom stereocenters. The van der Waals surface area contributed by atoms with Gasteiger partial charge in [-0.25, -0.2) is 0 Å². The van der Waals surface area contributed by atoms with E-state index in [4.69, 9.17) is 4.74 Å². The van der Waals surface area contributed by atoms with Crippen molar-refractivity contribution in [3.05, 3.63) is 36.0 Å². The number of nitrogens with one attached hydrogen (secondary N) is 1. The van der Waals surface area contributed by atoms with E-state index in [0.717, 1.165) is 22.2 Å². The lowest BCUT2D eigenvalue weighted by atomic mass is 10.1. The maximum atomic E-state index is 12.0. The third-order valence-corrected chi connectivity index (χ3v) is 3.48. The molecule has 0 aliphatic rings. The first-order valence-corrected chi connectivity index (χ1v) is 6.64. The van der Waals surface area contributed by atoms with Crippen LogP contribution in [0.4, 0.5) is 0 Å². The Balaban J connectivity index is 2.04. The summed E-state index contributed by atoms with van der Waals surface area (Å²) in [7, 11) is 1.67. The summed E-state index contributed by atoms with van der Waals surface area (Å²) in [5, 5.41) is 1.00. The van der Waals surface area contributed by atoms with Gasteiger partial charge in [-0.3, -0.25) is 4.79 Å². The molecule has 0 radical (unpaired) electrons. The van der Waals surface area contributed by atoms with E-state index < -0.39 is 0 Å². The zero-order chi connectivity index (χ0) is 12.1. The van der Waals surface area contributed by atoms with Gasteiger partial charge in [-0.1, -0.05) is 18.2 Å². The van der Waals surface area contributed by atoms with E-state index in [0.29, 0.717) is 12.4 Å². The second-order valence-electron chi connectivity index (χ2n) is 3.72. The minimum Gasteiger partial charge on any atom is -0.384 e. The van der Waals surface area contributed by atoms with Gasteiger partial charge in [0.2, 0.25) is 0 Å². The number of rotatable bonds is 6. The molecule has 0 saturated carbocycles. The van der Waals surface area contributed by atoms with Crippen LogP contribution in [0.25, 0.3) is 10.9 Å². The second-order valence-corrected chi connectivity index (χ2v) is 4.82. The quantitative estimate of drug-likeness (QED) is 0.632. The fourth-order valence-corrected chi connectivity index (χ4v) is 2.46. The minimum absolute atomic E-state index is 0.170. The number of aromatic amines is 1. The Kier molecular flexibility index (Phi) is 4.23. The first-order chi connectivity index (χ1) is 8.33. The number of ketones is 1. The van der Waals surface area contributed by atoms with Crippen LogP contribution in [0.1, 0.15) is 10.4 Å². The number of hydrogen-bond acceptors (Lipinski definition) is 3. The monoisotopic (exact) mass is 249 g/mol. The molecule has 4 heteroatoms. The maximum Gasteiger partial charge on any atom is 0.174 e. The molecular formula is C13H15NO2S. The largest absolute Gasteiger partial charge is 0.384 e. The highest BCUT2D eigenvalue weighted by atomic mass is 32.2. The number of carbonyl (C=O) groups is 1. The molecule has 1 aromatic carbocycles. The average Bonchev–Trinajstić information content (AvgIpc) is 2.78. The van der Waals surface area contributed by atoms with E-state index in [1.54, 1.807) is 25.1 Å². The molecule has 1 N–H and O–H groups in total. The summed E-state index contributed by atoms with van der Waals surface area (Å²) >= 11 is 1.60. The number of benzene rings is 1. The maximum absolute atomic E-state index is 12.0. The summed E-state index contributed by atoms with van der Waals surface area (Å²) in [6, 6.07) is 7.86. The smallest absolute Gasteiger partial charge is 0.174 e. The molecule has 0 saturated heterocycles. The topological polar surface area (TPSA) is 42.1 Å². The molecule has 0 unspecified atom stereocenters. The van der Waals surface area contributed by atoms with Crippen LogP contribution < -0.4 is 0 Å². The first-order valence-electron chi connectivity index (χ1n) is 5.49. The van der Waals surface area contributed by atoms with Crippen molar-refractivity contribution in [3.8, 4) is 0 Å². The molecule has 3 nitrogen and oxygen atoms in total. The van der Waals surface area contributed by atoms with Crippen LogP contribution in [0.2, 0.25) is 0 Å². The van der Waals surface area contributed by atoms with Crippen LogP contribution in [0.15, 0.2) is 30.5 Å². The van der Waals surface area contributed by atoms with Gasteiger partial charge in [0.1, 0.15) is 0 Å². The molecule has 1 heterocycles. The van der Waals surface area contributed by atoms with Gasteiger partial charge in [-0.15, -0.1) is 0 Å². The van der Waals surface area contributed by atoms with E-state index >= 15 is 0 Å². The van der Waals surface area contributed by atoms with Gasteiger partial charge in [0, 0.05) is 35.5 Å². The Bertz CT molecular complexity index is 507. The first kappa shape index (κ1) is 12.2. The predicted molar refractivity (Wildman–Crippen MR) is 71.8 cm³/mol. The normalized spacial score (nSPS) is 10.9. The standard InChI is InChI=1S/C13H15NO2S/c1-16-6-7-17-9-13(15)11-8-14-12-5-3-2-4-10(11)12/h2-5,8,14H,6-7,9H2,1H3. The summed E-state index contributed by atoms with van der Waals surface area (Å²) in [4.78, 5) is 15.1. The van der Waals surface area contributed by atoms with Gasteiger partial charge in [0.15, 0.2) is 5.78 Å². The summed E-state index contributed by atoms with van der Waals surface area (Å²) in [5.41, 5.74) is 1.79. The highest BCUT2D eigenvalue weighted by molar-refractivity contribution is 8.00. The van der Waals surface area contributed by atoms with Gasteiger partial charge in [0.25, 0.3) is 0 Å². The second kappa shape index (κ2) is 5.89. The van der Waals surface area contributed by atoms with Crippen molar-refractivity contribution >= 4 is 28.4 Å². The lowest BCUT2D eigenvalue weighted by molar-refractivity contribution is 0.102. The Morgan fingerprint density at radius 1 is 1.41 bits per heavy atom. The van der Waals surface area contributed by atoms with Crippen LogP contribution in [0.3, 0.4) is 0 Å². The van der Waals surface area contributed by atoms with E-state index in [2.05, 4.69) is 4.98 Å². The number of thioether (sulfide) groups is 1. The van der Waals surface area contributed by atoms with Crippen LogP contribution in [-0.2, 0) is 4.74 Å². The lowest BCUT2D eigenvalue weighted by Crippen LogP contribution is -2.03. The fraction of sp³-hybridized carbons (Fsp3) is 0.308. The number of fused-ring (bicyclic) bond motifs is 1. The molecule has 2 aromatic rings. The van der Waals surface area contributed by atoms with E-state index in [1.807, 2.05) is 24.3 Å². The van der Waals surface area contributed by atoms with Crippen molar-refractivity contribution in [2.75, 3.05) is 25.2 Å². The summed E-state index contributed by atoms with van der Waals surface area (Å²) in [5.74, 6) is 1.53. The third-order valence-electron chi connectivity index (χ3n) is 2.55. The number of para-hydroxylation sites is 1. The van der Waals surface area contributed by atoms with E-state index in [1.165, 1.54) is 0 Å². The molecule has 0 aliphatic carbocycles. The van der Waals surface area contributed by atoms with Crippen LogP contribution in [0.5, 0.6) is 0 Å². The molecule has 0 fully saturated rings. The lowest BCUT2D eigenvalue weighted by Gasteiger charge is -2.00. The van der Waals surface area contributed by atoms with Gasteiger partial charge >= 0.3 is 0 Å². The van der Waals surface area contributed by atoms with Crippen LogP contribution >= 0.6 is 11.8 Å². The predicted octanol–water partition coefficient (Wildman–Crippen LogP) is 2.73. The Morgan fingerprint density at radius 3 is 3.06 bits per heavy atom. The number of hydrogen-bond donors (Lipinski definition) is 1. The number of ether oxygens (including phenoxy) is 1. The van der Waals surface area contributed by atoms with Crippen molar-refractivity contribution in [2.24, 2.45) is 0 Å². The molecule has 0 spiro atoms. The highest BCUT2D eigenvalue weighted by Gasteiger charge is 2.11. The molecule has 0 amide bonds. The number of methoxy groups -OCH3 is 1. The van der Waals surface area contributed by atoms with Gasteiger partial charge < -0.3 is 9.72 Å². The number of carbonyl (C=O) groups excluding carboxylic acids is 1. The van der Waals surface area contributed by atoms with Crippen LogP contribution in [-0.4, -0.2) is 36.0 Å². The van der Waals surface area contributed by atoms with E-state index in [9.17, 15) is 4.79 Å². The summed E-state index contributed by atoms with van der Waals surface area (Å²) in [6.07, 6.45) is 1.80. The van der Waals surface area contributed by atoms with Crippen molar-refractivity contribution < 1.29 is 9.53 Å². The summed E-state index contributed by atoms with van der Waals surface area (Å²) in [6.45, 7) is 0.686. The zero-order valence-electron chi connectivity index (χ0n) is 9.73.